The first-order valence-electron chi connectivity index (χ1n) is 7.42. The quantitative estimate of drug-likeness (QED) is 0.889. The average molecular weight is 305 g/mol. The fraction of sp³-hybridized carbons (Fsp3) is 0.500. The first-order chi connectivity index (χ1) is 10.4. The number of nitrogens with two attached hydrogens (primary N) is 1. The molecular formula is C16H23N3O3. The Kier molecular flexibility index (Phi) is 5.03. The fourth-order valence-corrected chi connectivity index (χ4v) is 2.55. The largest absolute Gasteiger partial charge is 0.496 e. The molecule has 6 heteroatoms. The highest BCUT2D eigenvalue weighted by Gasteiger charge is 2.26. The van der Waals surface area contributed by atoms with E-state index in [-0.39, 0.29) is 11.8 Å². The van der Waals surface area contributed by atoms with Gasteiger partial charge in [0, 0.05) is 31.7 Å². The number of aryl methyl sites for hydroxylation is 1. The number of nitrogens with zero attached hydrogens (tertiary/aromatic N) is 2. The van der Waals surface area contributed by atoms with Crippen molar-refractivity contribution in [3.8, 4) is 5.75 Å². The molecule has 2 rings (SSSR count). The molecule has 1 fully saturated rings. The van der Waals surface area contributed by atoms with Gasteiger partial charge >= 0.3 is 0 Å². The predicted octanol–water partition coefficient (Wildman–Crippen LogP) is 0.635. The summed E-state index contributed by atoms with van der Waals surface area (Å²) in [5, 5.41) is 0. The molecule has 1 aliphatic heterocycles. The van der Waals surface area contributed by atoms with Gasteiger partial charge in [-0.05, 0) is 31.5 Å². The Morgan fingerprint density at radius 2 is 1.77 bits per heavy atom. The van der Waals surface area contributed by atoms with Crippen molar-refractivity contribution in [1.82, 2.24) is 9.80 Å². The lowest BCUT2D eigenvalue weighted by Gasteiger charge is -2.35. The highest BCUT2D eigenvalue weighted by Crippen LogP contribution is 2.20. The normalized spacial score (nSPS) is 16.4. The van der Waals surface area contributed by atoms with E-state index in [2.05, 4.69) is 0 Å². The van der Waals surface area contributed by atoms with Gasteiger partial charge in [0.15, 0.2) is 0 Å². The lowest BCUT2D eigenvalue weighted by atomic mass is 10.1. The maximum Gasteiger partial charge on any atom is 0.254 e. The molecule has 2 N–H and O–H groups in total. The molecule has 2 amide bonds. The third kappa shape index (κ3) is 3.39. The molecule has 1 heterocycles. The van der Waals surface area contributed by atoms with Crippen LogP contribution >= 0.6 is 0 Å². The maximum absolute atomic E-state index is 12.5. The molecule has 22 heavy (non-hydrogen) atoms. The Balaban J connectivity index is 2.02. The van der Waals surface area contributed by atoms with Crippen LogP contribution in [0.4, 0.5) is 0 Å². The summed E-state index contributed by atoms with van der Waals surface area (Å²) in [5.74, 6) is 0.604. The van der Waals surface area contributed by atoms with Crippen LogP contribution in [-0.2, 0) is 4.79 Å². The van der Waals surface area contributed by atoms with Gasteiger partial charge in [-0.25, -0.2) is 0 Å². The molecule has 0 aliphatic carbocycles. The average Bonchev–Trinajstić information content (AvgIpc) is 2.54. The number of piperazine rings is 1. The van der Waals surface area contributed by atoms with Crippen molar-refractivity contribution in [2.45, 2.75) is 19.9 Å². The van der Waals surface area contributed by atoms with Gasteiger partial charge in [-0.3, -0.25) is 9.59 Å². The third-order valence-corrected chi connectivity index (χ3v) is 3.92. The first kappa shape index (κ1) is 16.3. The van der Waals surface area contributed by atoms with Gasteiger partial charge < -0.3 is 20.3 Å². The second kappa shape index (κ2) is 6.79. The molecule has 0 aromatic heterocycles. The molecule has 0 radical (unpaired) electrons. The van der Waals surface area contributed by atoms with Crippen LogP contribution in [0.2, 0.25) is 0 Å². The second-order valence-electron chi connectivity index (χ2n) is 5.59. The Morgan fingerprint density at radius 1 is 1.18 bits per heavy atom. The highest BCUT2D eigenvalue weighted by molar-refractivity contribution is 5.95. The summed E-state index contributed by atoms with van der Waals surface area (Å²) in [6.45, 7) is 5.70. The highest BCUT2D eigenvalue weighted by atomic mass is 16.5. The molecule has 1 aromatic carbocycles. The van der Waals surface area contributed by atoms with Gasteiger partial charge in [-0.15, -0.1) is 0 Å². The van der Waals surface area contributed by atoms with Crippen LogP contribution in [0.25, 0.3) is 0 Å². The van der Waals surface area contributed by atoms with Crippen LogP contribution in [0.3, 0.4) is 0 Å². The standard InChI is InChI=1S/C16H23N3O3/c1-11-4-5-13(10-14(11)22-3)16(21)19-8-6-18(7-9-19)15(20)12(2)17/h4-5,10,12H,6-9,17H2,1-3H3/t12-/m1/s1. The lowest BCUT2D eigenvalue weighted by Crippen LogP contribution is -2.53. The zero-order valence-corrected chi connectivity index (χ0v) is 13.3. The summed E-state index contributed by atoms with van der Waals surface area (Å²) in [5.41, 5.74) is 7.21. The van der Waals surface area contributed by atoms with Crippen LogP contribution in [0.1, 0.15) is 22.8 Å². The van der Waals surface area contributed by atoms with Crippen LogP contribution in [0.5, 0.6) is 5.75 Å². The van der Waals surface area contributed by atoms with Crippen molar-refractivity contribution >= 4 is 11.8 Å². The van der Waals surface area contributed by atoms with E-state index >= 15 is 0 Å². The first-order valence-corrected chi connectivity index (χ1v) is 7.42. The molecule has 0 spiro atoms. The van der Waals surface area contributed by atoms with Gasteiger partial charge in [0.05, 0.1) is 13.2 Å². The van der Waals surface area contributed by atoms with E-state index in [4.69, 9.17) is 10.5 Å². The van der Waals surface area contributed by atoms with Crippen molar-refractivity contribution in [2.75, 3.05) is 33.3 Å². The molecule has 1 aromatic rings. The van der Waals surface area contributed by atoms with Gasteiger partial charge in [0.1, 0.15) is 5.75 Å². The summed E-state index contributed by atoms with van der Waals surface area (Å²) in [6.07, 6.45) is 0. The number of rotatable bonds is 3. The monoisotopic (exact) mass is 305 g/mol. The molecule has 6 nitrogen and oxygen atoms in total. The third-order valence-electron chi connectivity index (χ3n) is 3.92. The van der Waals surface area contributed by atoms with Crippen LogP contribution in [0, 0.1) is 6.92 Å². The molecule has 120 valence electrons. The number of carbonyl (C=O) groups excluding carboxylic acids is 2. The SMILES string of the molecule is COc1cc(C(=O)N2CCN(C(=O)[C@@H](C)N)CC2)ccc1C. The van der Waals surface area contributed by atoms with Gasteiger partial charge in [0.25, 0.3) is 5.91 Å². The fourth-order valence-electron chi connectivity index (χ4n) is 2.55. The Hall–Kier alpha value is -2.08. The molecule has 1 aliphatic rings. The summed E-state index contributed by atoms with van der Waals surface area (Å²) in [6, 6.07) is 4.95. The van der Waals surface area contributed by atoms with Crippen LogP contribution < -0.4 is 10.5 Å². The Bertz CT molecular complexity index is 564. The van der Waals surface area contributed by atoms with Crippen LogP contribution in [-0.4, -0.2) is 60.9 Å². The van der Waals surface area contributed by atoms with E-state index < -0.39 is 6.04 Å². The van der Waals surface area contributed by atoms with Crippen molar-refractivity contribution < 1.29 is 14.3 Å². The second-order valence-corrected chi connectivity index (χ2v) is 5.59. The summed E-state index contributed by atoms with van der Waals surface area (Å²) >= 11 is 0. The topological polar surface area (TPSA) is 75.9 Å². The van der Waals surface area contributed by atoms with E-state index in [0.717, 1.165) is 5.56 Å². The van der Waals surface area contributed by atoms with Crippen molar-refractivity contribution in [3.63, 3.8) is 0 Å². The van der Waals surface area contributed by atoms with Crippen LogP contribution in [0.15, 0.2) is 18.2 Å². The number of amides is 2. The van der Waals surface area contributed by atoms with E-state index in [0.29, 0.717) is 37.5 Å². The lowest BCUT2D eigenvalue weighted by molar-refractivity contribution is -0.133. The number of benzene rings is 1. The zero-order chi connectivity index (χ0) is 16.3. The molecular weight excluding hydrogens is 282 g/mol. The number of hydrogen-bond acceptors (Lipinski definition) is 4. The number of ether oxygens (including phenoxy) is 1. The number of methoxy groups -OCH3 is 1. The van der Waals surface area contributed by atoms with E-state index in [9.17, 15) is 9.59 Å². The minimum atomic E-state index is -0.497. The van der Waals surface area contributed by atoms with E-state index in [1.165, 1.54) is 0 Å². The summed E-state index contributed by atoms with van der Waals surface area (Å²) in [7, 11) is 1.59. The van der Waals surface area contributed by atoms with E-state index in [1.54, 1.807) is 36.0 Å². The summed E-state index contributed by atoms with van der Waals surface area (Å²) in [4.78, 5) is 27.8. The zero-order valence-electron chi connectivity index (χ0n) is 13.3. The predicted molar refractivity (Wildman–Crippen MR) is 83.9 cm³/mol. The Labute approximate surface area is 130 Å². The minimum Gasteiger partial charge on any atom is -0.496 e. The minimum absolute atomic E-state index is 0.0359. The molecule has 1 saturated heterocycles. The van der Waals surface area contributed by atoms with Gasteiger partial charge in [0.2, 0.25) is 5.91 Å². The Morgan fingerprint density at radius 3 is 2.32 bits per heavy atom. The van der Waals surface area contributed by atoms with Crippen molar-refractivity contribution in [1.29, 1.82) is 0 Å². The van der Waals surface area contributed by atoms with E-state index in [1.807, 2.05) is 13.0 Å². The number of hydrogen-bond donors (Lipinski definition) is 1. The smallest absolute Gasteiger partial charge is 0.254 e. The number of carbonyl (C=O) groups is 2. The summed E-state index contributed by atoms with van der Waals surface area (Å²) < 4.78 is 5.26. The van der Waals surface area contributed by atoms with Crippen molar-refractivity contribution in [2.24, 2.45) is 5.73 Å². The molecule has 0 unspecified atom stereocenters. The molecule has 1 atom stereocenters. The maximum atomic E-state index is 12.5. The molecule has 0 saturated carbocycles. The van der Waals surface area contributed by atoms with Crippen molar-refractivity contribution in [3.05, 3.63) is 29.3 Å². The van der Waals surface area contributed by atoms with Gasteiger partial charge in [-0.1, -0.05) is 6.07 Å². The van der Waals surface area contributed by atoms with Gasteiger partial charge in [-0.2, -0.15) is 0 Å². The molecule has 0 bridgehead atoms.